The van der Waals surface area contributed by atoms with Crippen molar-refractivity contribution in [3.63, 3.8) is 0 Å². The highest BCUT2D eigenvalue weighted by molar-refractivity contribution is 5.98. The average Bonchev–Trinajstić information content (AvgIpc) is 2.95. The van der Waals surface area contributed by atoms with Crippen LogP contribution in [0.4, 0.5) is 0 Å². The maximum atomic E-state index is 12.2. The summed E-state index contributed by atoms with van der Waals surface area (Å²) in [7, 11) is 0. The number of H-pyrrole nitrogens is 1. The van der Waals surface area contributed by atoms with Gasteiger partial charge >= 0.3 is 0 Å². The number of hydrazine groups is 1. The Morgan fingerprint density at radius 1 is 1.13 bits per heavy atom. The molecule has 3 aromatic rings. The number of carbonyl (C=O) groups excluding carboxylic acids is 2. The Hall–Kier alpha value is -3.49. The average molecular weight is 312 g/mol. The molecule has 3 N–H and O–H groups in total. The fraction of sp³-hybridized carbons (Fsp3) is 0.0714. The molecule has 0 saturated heterocycles. The van der Waals surface area contributed by atoms with E-state index < -0.39 is 17.4 Å². The highest BCUT2D eigenvalue weighted by Crippen LogP contribution is 1.98. The van der Waals surface area contributed by atoms with Crippen molar-refractivity contribution < 1.29 is 9.59 Å². The predicted octanol–water partition coefficient (Wildman–Crippen LogP) is -0.199. The minimum atomic E-state index is -0.770. The van der Waals surface area contributed by atoms with E-state index in [1.807, 2.05) is 0 Å². The fourth-order valence-corrected chi connectivity index (χ4v) is 1.96. The van der Waals surface area contributed by atoms with Crippen LogP contribution in [-0.4, -0.2) is 31.4 Å². The van der Waals surface area contributed by atoms with E-state index in [0.717, 1.165) is 10.7 Å². The largest absolute Gasteiger partial charge is 0.286 e. The van der Waals surface area contributed by atoms with Gasteiger partial charge in [-0.25, -0.2) is 4.98 Å². The molecule has 23 heavy (non-hydrogen) atoms. The number of benzene rings is 1. The molecule has 2 amide bonds. The zero-order chi connectivity index (χ0) is 16.4. The van der Waals surface area contributed by atoms with Crippen LogP contribution >= 0.6 is 0 Å². The summed E-state index contributed by atoms with van der Waals surface area (Å²) in [5, 5.41) is 2.68. The second-order valence-corrected chi connectivity index (χ2v) is 4.70. The van der Waals surface area contributed by atoms with Crippen LogP contribution in [0.1, 0.15) is 26.5 Å². The van der Waals surface area contributed by atoms with Gasteiger partial charge in [-0.1, -0.05) is 18.2 Å². The monoisotopic (exact) mass is 312 g/mol. The molecule has 0 aliphatic carbocycles. The first kappa shape index (κ1) is 14.4. The summed E-state index contributed by atoms with van der Waals surface area (Å²) in [6.07, 6.45) is 1.11. The van der Waals surface area contributed by atoms with Crippen molar-refractivity contribution in [3.05, 3.63) is 63.8 Å². The lowest BCUT2D eigenvalue weighted by Crippen LogP contribution is -2.43. The Morgan fingerprint density at radius 3 is 2.57 bits per heavy atom. The first-order valence-corrected chi connectivity index (χ1v) is 6.66. The molecule has 116 valence electrons. The van der Waals surface area contributed by atoms with Gasteiger partial charge in [0.2, 0.25) is 0 Å². The van der Waals surface area contributed by atoms with Gasteiger partial charge in [-0.2, -0.15) is 9.50 Å². The van der Waals surface area contributed by atoms with Gasteiger partial charge in [0.1, 0.15) is 11.4 Å². The summed E-state index contributed by atoms with van der Waals surface area (Å²) in [5.74, 6) is -0.610. The van der Waals surface area contributed by atoms with Crippen LogP contribution in [0.3, 0.4) is 0 Å². The molecule has 2 heterocycles. The maximum absolute atomic E-state index is 12.2. The topological polar surface area (TPSA) is 121 Å². The van der Waals surface area contributed by atoms with Crippen LogP contribution < -0.4 is 16.4 Å². The highest BCUT2D eigenvalue weighted by atomic mass is 16.2. The molecular weight excluding hydrogens is 300 g/mol. The molecular formula is C14H12N6O3. The van der Waals surface area contributed by atoms with E-state index in [0.29, 0.717) is 11.4 Å². The van der Waals surface area contributed by atoms with Gasteiger partial charge in [0.15, 0.2) is 0 Å². The Balaban J connectivity index is 1.77. The van der Waals surface area contributed by atoms with Gasteiger partial charge in [0.05, 0.1) is 0 Å². The first-order valence-electron chi connectivity index (χ1n) is 6.66. The zero-order valence-electron chi connectivity index (χ0n) is 12.0. The van der Waals surface area contributed by atoms with Crippen molar-refractivity contribution in [2.75, 3.05) is 0 Å². The van der Waals surface area contributed by atoms with Gasteiger partial charge in [-0.3, -0.25) is 30.3 Å². The summed E-state index contributed by atoms with van der Waals surface area (Å²) < 4.78 is 1.06. The lowest BCUT2D eigenvalue weighted by atomic mass is 10.2. The number of fused-ring (bicyclic) bond motifs is 1. The summed E-state index contributed by atoms with van der Waals surface area (Å²) in [5.41, 5.74) is 3.97. The van der Waals surface area contributed by atoms with Gasteiger partial charge in [0.25, 0.3) is 23.2 Å². The van der Waals surface area contributed by atoms with Crippen molar-refractivity contribution in [1.29, 1.82) is 0 Å². The standard InChI is InChI=1S/C14H12N6O3/c1-8-16-14-15-7-10(13(23)20(14)19-8)12(22)18-17-11(21)9-5-3-2-4-6-9/h2-7H,1H3,(H,17,21)(H,18,22)(H,15,16,19). The normalized spacial score (nSPS) is 10.5. The van der Waals surface area contributed by atoms with E-state index in [2.05, 4.69) is 25.9 Å². The molecule has 1 aromatic carbocycles. The molecule has 0 radical (unpaired) electrons. The number of aromatic nitrogens is 4. The lowest BCUT2D eigenvalue weighted by molar-refractivity contribution is 0.0845. The van der Waals surface area contributed by atoms with Crippen molar-refractivity contribution in [3.8, 4) is 0 Å². The molecule has 0 spiro atoms. The number of hydrogen-bond donors (Lipinski definition) is 3. The molecule has 0 atom stereocenters. The Morgan fingerprint density at radius 2 is 1.83 bits per heavy atom. The number of nitrogens with one attached hydrogen (secondary N) is 3. The van der Waals surface area contributed by atoms with Gasteiger partial charge in [-0.05, 0) is 19.1 Å². The molecule has 0 aliphatic heterocycles. The van der Waals surface area contributed by atoms with E-state index in [1.165, 1.54) is 0 Å². The van der Waals surface area contributed by atoms with Crippen molar-refractivity contribution in [1.82, 2.24) is 30.4 Å². The molecule has 0 bridgehead atoms. The van der Waals surface area contributed by atoms with E-state index in [-0.39, 0.29) is 11.3 Å². The third kappa shape index (κ3) is 2.79. The fourth-order valence-electron chi connectivity index (χ4n) is 1.96. The van der Waals surface area contributed by atoms with E-state index in [4.69, 9.17) is 0 Å². The summed E-state index contributed by atoms with van der Waals surface area (Å²) in [4.78, 5) is 44.0. The third-order valence-corrected chi connectivity index (χ3v) is 3.05. The molecule has 0 saturated carbocycles. The quantitative estimate of drug-likeness (QED) is 0.566. The van der Waals surface area contributed by atoms with Crippen LogP contribution in [0.15, 0.2) is 41.3 Å². The number of carbonyl (C=O) groups is 2. The van der Waals surface area contributed by atoms with Crippen LogP contribution in [0.25, 0.3) is 5.78 Å². The number of rotatable bonds is 2. The van der Waals surface area contributed by atoms with E-state index in [9.17, 15) is 14.4 Å². The Kier molecular flexibility index (Phi) is 3.59. The van der Waals surface area contributed by atoms with Crippen LogP contribution in [0, 0.1) is 6.92 Å². The predicted molar refractivity (Wildman–Crippen MR) is 79.7 cm³/mol. The Labute approximate surface area is 129 Å². The van der Waals surface area contributed by atoms with Gasteiger partial charge < -0.3 is 0 Å². The van der Waals surface area contributed by atoms with Crippen molar-refractivity contribution in [2.45, 2.75) is 6.92 Å². The molecule has 0 fully saturated rings. The summed E-state index contributed by atoms with van der Waals surface area (Å²) in [6, 6.07) is 8.35. The second kappa shape index (κ2) is 5.72. The molecule has 9 heteroatoms. The zero-order valence-corrected chi connectivity index (χ0v) is 12.0. The van der Waals surface area contributed by atoms with Crippen molar-refractivity contribution >= 4 is 17.6 Å². The van der Waals surface area contributed by atoms with Gasteiger partial charge in [0, 0.05) is 11.8 Å². The van der Waals surface area contributed by atoms with Crippen LogP contribution in [0.2, 0.25) is 0 Å². The van der Waals surface area contributed by atoms with E-state index in [1.54, 1.807) is 37.3 Å². The lowest BCUT2D eigenvalue weighted by Gasteiger charge is -2.06. The number of nitrogens with zero attached hydrogens (tertiary/aromatic N) is 3. The Bertz CT molecular complexity index is 944. The molecule has 2 aromatic heterocycles. The summed E-state index contributed by atoms with van der Waals surface area (Å²) >= 11 is 0. The number of aromatic amines is 1. The number of aryl methyl sites for hydroxylation is 1. The highest BCUT2D eigenvalue weighted by Gasteiger charge is 2.15. The third-order valence-electron chi connectivity index (χ3n) is 3.05. The van der Waals surface area contributed by atoms with Gasteiger partial charge in [-0.15, -0.1) is 0 Å². The smallest absolute Gasteiger partial charge is 0.275 e. The van der Waals surface area contributed by atoms with Crippen molar-refractivity contribution in [2.24, 2.45) is 0 Å². The molecule has 3 rings (SSSR count). The molecule has 9 nitrogen and oxygen atoms in total. The number of hydrogen-bond acceptors (Lipinski definition) is 5. The molecule has 0 aliphatic rings. The SMILES string of the molecule is Cc1nc2ncc(C(=O)NNC(=O)c3ccccc3)c(=O)n2[nH]1. The number of amides is 2. The second-order valence-electron chi connectivity index (χ2n) is 4.70. The molecule has 0 unspecified atom stereocenters. The summed E-state index contributed by atoms with van der Waals surface area (Å²) in [6.45, 7) is 1.66. The first-order chi connectivity index (χ1) is 11.1. The maximum Gasteiger partial charge on any atom is 0.286 e. The van der Waals surface area contributed by atoms with Crippen LogP contribution in [0.5, 0.6) is 0 Å². The van der Waals surface area contributed by atoms with E-state index >= 15 is 0 Å². The minimum Gasteiger partial charge on any atom is -0.275 e. The van der Waals surface area contributed by atoms with Crippen LogP contribution in [-0.2, 0) is 0 Å². The minimum absolute atomic E-state index is 0.164.